The minimum absolute atomic E-state index is 0.115. The van der Waals surface area contributed by atoms with Gasteiger partial charge in [0.15, 0.2) is 0 Å². The molecule has 0 saturated carbocycles. The van der Waals surface area contributed by atoms with Crippen molar-refractivity contribution < 1.29 is 4.79 Å². The Kier molecular flexibility index (Phi) is 4.56. The minimum Gasteiger partial charge on any atom is -0.307 e. The lowest BCUT2D eigenvalue weighted by Crippen LogP contribution is -2.28. The van der Waals surface area contributed by atoms with Crippen molar-refractivity contribution >= 4 is 23.2 Å². The molecule has 0 aliphatic heterocycles. The molecule has 0 unspecified atom stereocenters. The zero-order valence-corrected chi connectivity index (χ0v) is 9.61. The van der Waals surface area contributed by atoms with E-state index in [0.717, 1.165) is 0 Å². The zero-order valence-electron chi connectivity index (χ0n) is 8.85. The molecule has 4 heteroatoms. The van der Waals surface area contributed by atoms with E-state index in [1.54, 1.807) is 24.3 Å². The van der Waals surface area contributed by atoms with E-state index in [9.17, 15) is 4.79 Å². The number of carbonyl (C=O) groups excluding carboxylic acids is 1. The van der Waals surface area contributed by atoms with E-state index in [-0.39, 0.29) is 5.91 Å². The number of hydrogen-bond donors (Lipinski definition) is 0. The Morgan fingerprint density at radius 2 is 2.25 bits per heavy atom. The maximum atomic E-state index is 11.4. The third-order valence-electron chi connectivity index (χ3n) is 2.00. The number of nitrogens with zero attached hydrogens (tertiary/aromatic N) is 2. The summed E-state index contributed by atoms with van der Waals surface area (Å²) in [4.78, 5) is 13.0. The summed E-state index contributed by atoms with van der Waals surface area (Å²) in [7, 11) is 0. The van der Waals surface area contributed by atoms with Crippen molar-refractivity contribution in [3.8, 4) is 6.07 Å². The van der Waals surface area contributed by atoms with Crippen LogP contribution in [0.4, 0.5) is 5.69 Å². The van der Waals surface area contributed by atoms with Crippen molar-refractivity contribution in [1.29, 1.82) is 5.26 Å². The molecule has 16 heavy (non-hydrogen) atoms. The molecule has 0 atom stereocenters. The summed E-state index contributed by atoms with van der Waals surface area (Å²) in [6, 6.07) is 8.98. The van der Waals surface area contributed by atoms with Crippen molar-refractivity contribution in [3.05, 3.63) is 41.4 Å². The Bertz CT molecular complexity index is 449. The molecule has 1 aromatic rings. The van der Waals surface area contributed by atoms with Crippen molar-refractivity contribution in [1.82, 2.24) is 0 Å². The van der Waals surface area contributed by atoms with E-state index in [4.69, 9.17) is 16.9 Å². The fourth-order valence-electron chi connectivity index (χ4n) is 1.28. The number of para-hydroxylation sites is 1. The summed E-state index contributed by atoms with van der Waals surface area (Å²) in [5.74, 6) is -0.115. The molecule has 0 aromatic heterocycles. The van der Waals surface area contributed by atoms with Gasteiger partial charge in [-0.15, -0.1) is 0 Å². The highest BCUT2D eigenvalue weighted by molar-refractivity contribution is 6.33. The van der Waals surface area contributed by atoms with Crippen molar-refractivity contribution in [3.63, 3.8) is 0 Å². The van der Waals surface area contributed by atoms with Crippen LogP contribution in [0.5, 0.6) is 0 Å². The van der Waals surface area contributed by atoms with E-state index in [1.807, 2.05) is 12.1 Å². The third kappa shape index (κ3) is 3.11. The lowest BCUT2D eigenvalue weighted by molar-refractivity contribution is -0.116. The first-order chi connectivity index (χ1) is 7.66. The topological polar surface area (TPSA) is 44.1 Å². The first-order valence-corrected chi connectivity index (χ1v) is 5.12. The van der Waals surface area contributed by atoms with E-state index >= 15 is 0 Å². The van der Waals surface area contributed by atoms with Gasteiger partial charge in [-0.1, -0.05) is 29.8 Å². The molecule has 3 nitrogen and oxygen atoms in total. The third-order valence-corrected chi connectivity index (χ3v) is 2.32. The molecular formula is C12H11ClN2O. The summed E-state index contributed by atoms with van der Waals surface area (Å²) in [6.07, 6.45) is 2.96. The number of rotatable bonds is 3. The van der Waals surface area contributed by atoms with Gasteiger partial charge in [0.05, 0.1) is 16.8 Å². The van der Waals surface area contributed by atoms with Crippen molar-refractivity contribution in [2.75, 3.05) is 11.4 Å². The van der Waals surface area contributed by atoms with Gasteiger partial charge in [-0.3, -0.25) is 4.79 Å². The van der Waals surface area contributed by atoms with Crippen LogP contribution < -0.4 is 4.90 Å². The molecule has 0 aliphatic carbocycles. The largest absolute Gasteiger partial charge is 0.307 e. The second-order valence-corrected chi connectivity index (χ2v) is 3.52. The molecule has 1 rings (SSSR count). The van der Waals surface area contributed by atoms with Crippen LogP contribution in [0.2, 0.25) is 5.02 Å². The van der Waals surface area contributed by atoms with E-state index in [0.29, 0.717) is 17.3 Å². The van der Waals surface area contributed by atoms with Crippen LogP contribution in [0.15, 0.2) is 36.4 Å². The summed E-state index contributed by atoms with van der Waals surface area (Å²) >= 11 is 5.99. The van der Waals surface area contributed by atoms with E-state index < -0.39 is 0 Å². The minimum atomic E-state index is -0.115. The Balaban J connectivity index is 2.95. The van der Waals surface area contributed by atoms with Gasteiger partial charge < -0.3 is 4.90 Å². The van der Waals surface area contributed by atoms with Crippen LogP contribution in [-0.2, 0) is 4.79 Å². The number of allylic oxidation sites excluding steroid dienone is 1. The van der Waals surface area contributed by atoms with Gasteiger partial charge in [0.2, 0.25) is 5.91 Å². The van der Waals surface area contributed by atoms with Crippen molar-refractivity contribution in [2.24, 2.45) is 0 Å². The number of anilines is 1. The highest BCUT2D eigenvalue weighted by atomic mass is 35.5. The normalized spacial score (nSPS) is 10.1. The molecule has 0 aliphatic rings. The quantitative estimate of drug-likeness (QED) is 0.755. The van der Waals surface area contributed by atoms with Gasteiger partial charge >= 0.3 is 0 Å². The van der Waals surface area contributed by atoms with Crippen molar-refractivity contribution in [2.45, 2.75) is 6.92 Å². The second-order valence-electron chi connectivity index (χ2n) is 3.11. The fraction of sp³-hybridized carbons (Fsp3) is 0.167. The summed E-state index contributed by atoms with van der Waals surface area (Å²) < 4.78 is 0. The monoisotopic (exact) mass is 234 g/mol. The molecule has 1 aromatic carbocycles. The molecule has 0 fully saturated rings. The number of nitriles is 1. The van der Waals surface area contributed by atoms with Crippen LogP contribution >= 0.6 is 11.6 Å². The highest BCUT2D eigenvalue weighted by Crippen LogP contribution is 2.25. The smallest absolute Gasteiger partial charge is 0.224 e. The molecule has 1 amide bonds. The predicted octanol–water partition coefficient (Wildman–Crippen LogP) is 2.77. The molecule has 0 saturated heterocycles. The fourth-order valence-corrected chi connectivity index (χ4v) is 1.52. The zero-order chi connectivity index (χ0) is 12.0. The van der Waals surface area contributed by atoms with Crippen LogP contribution in [0, 0.1) is 11.3 Å². The van der Waals surface area contributed by atoms with Gasteiger partial charge in [0, 0.05) is 19.5 Å². The van der Waals surface area contributed by atoms with Crippen LogP contribution in [0.25, 0.3) is 0 Å². The molecule has 0 spiro atoms. The molecule has 0 N–H and O–H groups in total. The average molecular weight is 235 g/mol. The number of amides is 1. The van der Waals surface area contributed by atoms with E-state index in [2.05, 4.69) is 0 Å². The lowest BCUT2D eigenvalue weighted by Gasteiger charge is -2.20. The molecule has 0 radical (unpaired) electrons. The Hall–Kier alpha value is -1.79. The van der Waals surface area contributed by atoms with Crippen LogP contribution in [-0.4, -0.2) is 12.5 Å². The number of halogens is 1. The van der Waals surface area contributed by atoms with Gasteiger partial charge in [-0.2, -0.15) is 5.26 Å². The van der Waals surface area contributed by atoms with E-state index in [1.165, 1.54) is 17.9 Å². The van der Waals surface area contributed by atoms with Gasteiger partial charge in [-0.05, 0) is 12.1 Å². The van der Waals surface area contributed by atoms with Gasteiger partial charge in [0.25, 0.3) is 0 Å². The number of carbonyl (C=O) groups is 1. The summed E-state index contributed by atoms with van der Waals surface area (Å²) in [5.41, 5.74) is 0.652. The lowest BCUT2D eigenvalue weighted by atomic mass is 10.2. The Morgan fingerprint density at radius 1 is 1.56 bits per heavy atom. The molecular weight excluding hydrogens is 224 g/mol. The Labute approximate surface area is 99.5 Å². The molecule has 0 heterocycles. The Morgan fingerprint density at radius 3 is 2.81 bits per heavy atom. The highest BCUT2D eigenvalue weighted by Gasteiger charge is 2.12. The molecule has 0 bridgehead atoms. The molecule has 82 valence electrons. The standard InChI is InChI=1S/C12H11ClN2O/c1-10(16)15(9-5-4-8-14)12-7-3-2-6-11(12)13/h2-7H,9H2,1H3/b5-4-. The number of hydrogen-bond acceptors (Lipinski definition) is 2. The average Bonchev–Trinajstić information content (AvgIpc) is 2.25. The van der Waals surface area contributed by atoms with Gasteiger partial charge in [-0.25, -0.2) is 0 Å². The maximum absolute atomic E-state index is 11.4. The first-order valence-electron chi connectivity index (χ1n) is 4.74. The van der Waals surface area contributed by atoms with Crippen LogP contribution in [0.1, 0.15) is 6.92 Å². The van der Waals surface area contributed by atoms with Gasteiger partial charge in [0.1, 0.15) is 0 Å². The maximum Gasteiger partial charge on any atom is 0.224 e. The summed E-state index contributed by atoms with van der Waals surface area (Å²) in [5, 5.41) is 8.89. The first kappa shape index (κ1) is 12.3. The predicted molar refractivity (Wildman–Crippen MR) is 64.2 cm³/mol. The SMILES string of the molecule is CC(=O)N(C/C=C\C#N)c1ccccc1Cl. The second kappa shape index (κ2) is 5.94. The van der Waals surface area contributed by atoms with Crippen LogP contribution in [0.3, 0.4) is 0 Å². The number of benzene rings is 1. The summed E-state index contributed by atoms with van der Waals surface area (Å²) in [6.45, 7) is 1.80.